The van der Waals surface area contributed by atoms with Crippen molar-refractivity contribution in [2.75, 3.05) is 20.3 Å². The Bertz CT molecular complexity index is 1540. The molecule has 0 unspecified atom stereocenters. The Balaban J connectivity index is 1.94. The number of rotatable bonds is 7. The molecule has 7 nitrogen and oxygen atoms in total. The van der Waals surface area contributed by atoms with E-state index in [1.807, 2.05) is 19.1 Å². The van der Waals surface area contributed by atoms with Crippen molar-refractivity contribution in [3.05, 3.63) is 88.0 Å². The molecular weight excluding hydrogens is 568 g/mol. The van der Waals surface area contributed by atoms with Gasteiger partial charge in [-0.15, -0.1) is 0 Å². The van der Waals surface area contributed by atoms with Crippen LogP contribution in [0.3, 0.4) is 0 Å². The van der Waals surface area contributed by atoms with Crippen molar-refractivity contribution in [3.8, 4) is 11.5 Å². The van der Waals surface area contributed by atoms with Gasteiger partial charge in [-0.2, -0.15) is 0 Å². The van der Waals surface area contributed by atoms with Crippen molar-refractivity contribution >= 4 is 50.9 Å². The quantitative estimate of drug-likeness (QED) is 0.375. The lowest BCUT2D eigenvalue weighted by Gasteiger charge is -2.25. The number of aromatic nitrogens is 1. The standard InChI is InChI=1S/C26H24BrClN2O5S/c1-5-34-23-17(27)11-15(12-19(23)33-4)13-20-24(31)30-22(16-9-7-8-10-18(16)28)21(25(32)35-6-2)14(3)29-26(30)36-20/h7-13,22H,5-6H2,1-4H3/b20-13-/t22-/m1/s1. The van der Waals surface area contributed by atoms with Gasteiger partial charge >= 0.3 is 5.97 Å². The Kier molecular flexibility index (Phi) is 8.02. The molecule has 2 aromatic carbocycles. The molecule has 2 heterocycles. The van der Waals surface area contributed by atoms with Crippen LogP contribution in [0, 0.1) is 0 Å². The first-order chi connectivity index (χ1) is 17.3. The lowest BCUT2D eigenvalue weighted by molar-refractivity contribution is -0.139. The fourth-order valence-corrected chi connectivity index (χ4v) is 5.90. The Hall–Kier alpha value is -2.88. The molecule has 4 rings (SSSR count). The molecule has 0 amide bonds. The molecule has 0 fully saturated rings. The molecule has 3 aromatic rings. The van der Waals surface area contributed by atoms with Crippen molar-refractivity contribution in [3.63, 3.8) is 0 Å². The van der Waals surface area contributed by atoms with Gasteiger partial charge in [0.15, 0.2) is 16.3 Å². The molecule has 1 aliphatic rings. The topological polar surface area (TPSA) is 79.1 Å². The minimum atomic E-state index is -0.766. The van der Waals surface area contributed by atoms with Crippen LogP contribution in [0.5, 0.6) is 11.5 Å². The van der Waals surface area contributed by atoms with E-state index in [0.29, 0.717) is 48.2 Å². The number of fused-ring (bicyclic) bond motifs is 1. The van der Waals surface area contributed by atoms with E-state index in [4.69, 9.17) is 25.8 Å². The number of hydrogen-bond acceptors (Lipinski definition) is 7. The van der Waals surface area contributed by atoms with Crippen LogP contribution >= 0.6 is 38.9 Å². The summed E-state index contributed by atoms with van der Waals surface area (Å²) in [5.74, 6) is 0.602. The summed E-state index contributed by atoms with van der Waals surface area (Å²) >= 11 is 11.3. The summed E-state index contributed by atoms with van der Waals surface area (Å²) < 4.78 is 19.1. The Morgan fingerprint density at radius 1 is 1.25 bits per heavy atom. The predicted octanol–water partition coefficient (Wildman–Crippen LogP) is 4.62. The van der Waals surface area contributed by atoms with Crippen LogP contribution in [-0.4, -0.2) is 30.9 Å². The summed E-state index contributed by atoms with van der Waals surface area (Å²) in [5.41, 5.74) is 1.84. The molecule has 36 heavy (non-hydrogen) atoms. The van der Waals surface area contributed by atoms with Gasteiger partial charge in [0.1, 0.15) is 6.04 Å². The van der Waals surface area contributed by atoms with Crippen molar-refractivity contribution in [2.45, 2.75) is 26.8 Å². The molecule has 0 saturated heterocycles. The number of halogens is 2. The molecule has 0 aliphatic carbocycles. The number of nitrogens with zero attached hydrogens (tertiary/aromatic N) is 2. The van der Waals surface area contributed by atoms with Crippen molar-refractivity contribution in [1.82, 2.24) is 4.57 Å². The van der Waals surface area contributed by atoms with E-state index in [2.05, 4.69) is 20.9 Å². The van der Waals surface area contributed by atoms with Crippen LogP contribution in [0.1, 0.15) is 37.9 Å². The number of benzene rings is 2. The maximum absolute atomic E-state index is 13.8. The molecule has 1 aliphatic heterocycles. The van der Waals surface area contributed by atoms with Crippen LogP contribution in [0.2, 0.25) is 5.02 Å². The average Bonchev–Trinajstić information content (AvgIpc) is 3.14. The molecule has 0 radical (unpaired) electrons. The smallest absolute Gasteiger partial charge is 0.338 e. The van der Waals surface area contributed by atoms with Gasteiger partial charge < -0.3 is 14.2 Å². The summed E-state index contributed by atoms with van der Waals surface area (Å²) in [6.45, 7) is 6.04. The normalized spacial score (nSPS) is 15.4. The first-order valence-electron chi connectivity index (χ1n) is 11.2. The van der Waals surface area contributed by atoms with Gasteiger partial charge in [-0.25, -0.2) is 9.79 Å². The number of esters is 1. The monoisotopic (exact) mass is 590 g/mol. The lowest BCUT2D eigenvalue weighted by atomic mass is 9.96. The summed E-state index contributed by atoms with van der Waals surface area (Å²) in [5, 5.41) is 0.439. The highest BCUT2D eigenvalue weighted by molar-refractivity contribution is 9.10. The lowest BCUT2D eigenvalue weighted by Crippen LogP contribution is -2.40. The van der Waals surface area contributed by atoms with E-state index in [0.717, 1.165) is 5.56 Å². The van der Waals surface area contributed by atoms with Crippen LogP contribution in [-0.2, 0) is 9.53 Å². The second kappa shape index (κ2) is 11.0. The van der Waals surface area contributed by atoms with Crippen molar-refractivity contribution < 1.29 is 19.0 Å². The van der Waals surface area contributed by atoms with Gasteiger partial charge in [0.2, 0.25) is 0 Å². The third-order valence-electron chi connectivity index (χ3n) is 5.56. The predicted molar refractivity (Wildman–Crippen MR) is 144 cm³/mol. The van der Waals surface area contributed by atoms with E-state index in [-0.39, 0.29) is 17.7 Å². The van der Waals surface area contributed by atoms with Gasteiger partial charge in [-0.3, -0.25) is 9.36 Å². The second-order valence-corrected chi connectivity index (χ2v) is 10.1. The summed E-state index contributed by atoms with van der Waals surface area (Å²) in [7, 11) is 1.56. The zero-order chi connectivity index (χ0) is 26.0. The molecule has 0 spiro atoms. The number of allylic oxidation sites excluding steroid dienone is 1. The summed E-state index contributed by atoms with van der Waals surface area (Å²) in [4.78, 5) is 31.8. The molecule has 0 saturated carbocycles. The summed E-state index contributed by atoms with van der Waals surface area (Å²) in [6, 6.07) is 10.0. The van der Waals surface area contributed by atoms with E-state index >= 15 is 0 Å². The molecule has 188 valence electrons. The molecule has 0 bridgehead atoms. The number of ether oxygens (including phenoxy) is 3. The van der Waals surface area contributed by atoms with Gasteiger partial charge in [0.05, 0.1) is 40.6 Å². The zero-order valence-corrected chi connectivity index (χ0v) is 23.3. The molecule has 1 atom stereocenters. The Morgan fingerprint density at radius 3 is 2.67 bits per heavy atom. The first kappa shape index (κ1) is 26.2. The third-order valence-corrected chi connectivity index (χ3v) is 7.47. The Morgan fingerprint density at radius 2 is 2.00 bits per heavy atom. The van der Waals surface area contributed by atoms with E-state index < -0.39 is 12.0 Å². The molecule has 1 aromatic heterocycles. The molecule has 10 heteroatoms. The number of carbonyl (C=O) groups excluding carboxylic acids is 1. The molecule has 0 N–H and O–H groups in total. The minimum Gasteiger partial charge on any atom is -0.493 e. The second-order valence-electron chi connectivity index (χ2n) is 7.79. The number of hydrogen-bond donors (Lipinski definition) is 0. The molecular formula is C26H24BrClN2O5S. The average molecular weight is 592 g/mol. The third kappa shape index (κ3) is 4.87. The highest BCUT2D eigenvalue weighted by Crippen LogP contribution is 2.37. The van der Waals surface area contributed by atoms with Gasteiger partial charge in [0.25, 0.3) is 5.56 Å². The fourth-order valence-electron chi connectivity index (χ4n) is 4.04. The maximum Gasteiger partial charge on any atom is 0.338 e. The Labute approximate surface area is 225 Å². The van der Waals surface area contributed by atoms with E-state index in [1.54, 1.807) is 51.3 Å². The van der Waals surface area contributed by atoms with E-state index in [9.17, 15) is 9.59 Å². The largest absolute Gasteiger partial charge is 0.493 e. The number of methoxy groups -OCH3 is 1. The SMILES string of the molecule is CCOC(=O)C1=C(C)N=c2s/c(=C\c3cc(Br)c(OCC)c(OC)c3)c(=O)n2[C@@H]1c1ccccc1Cl. The first-order valence-corrected chi connectivity index (χ1v) is 13.2. The fraction of sp³-hybridized carbons (Fsp3) is 0.269. The van der Waals surface area contributed by atoms with Crippen LogP contribution in [0.15, 0.2) is 61.9 Å². The van der Waals surface area contributed by atoms with Gasteiger partial charge in [-0.1, -0.05) is 41.1 Å². The van der Waals surface area contributed by atoms with Gasteiger partial charge in [0, 0.05) is 5.02 Å². The van der Waals surface area contributed by atoms with Crippen molar-refractivity contribution in [2.24, 2.45) is 4.99 Å². The highest BCUT2D eigenvalue weighted by Gasteiger charge is 2.34. The maximum atomic E-state index is 13.8. The van der Waals surface area contributed by atoms with Crippen molar-refractivity contribution in [1.29, 1.82) is 0 Å². The van der Waals surface area contributed by atoms with Crippen LogP contribution < -0.4 is 24.4 Å². The number of carbonyl (C=O) groups is 1. The van der Waals surface area contributed by atoms with Crippen LogP contribution in [0.25, 0.3) is 6.08 Å². The minimum absolute atomic E-state index is 0.198. The van der Waals surface area contributed by atoms with E-state index in [1.165, 1.54) is 15.9 Å². The summed E-state index contributed by atoms with van der Waals surface area (Å²) in [6.07, 6.45) is 1.76. The van der Waals surface area contributed by atoms with Gasteiger partial charge in [-0.05, 0) is 72.1 Å². The van der Waals surface area contributed by atoms with Crippen LogP contribution in [0.4, 0.5) is 0 Å². The highest BCUT2D eigenvalue weighted by atomic mass is 79.9. The number of thiazole rings is 1. The zero-order valence-electron chi connectivity index (χ0n) is 20.1.